The lowest BCUT2D eigenvalue weighted by Gasteiger charge is -2.04. The lowest BCUT2D eigenvalue weighted by molar-refractivity contribution is 0.415. The predicted molar refractivity (Wildman–Crippen MR) is 63.8 cm³/mol. The average molecular weight is 230 g/mol. The first-order valence-electron chi connectivity index (χ1n) is 5.03. The maximum Gasteiger partial charge on any atom is 0.491 e. The maximum absolute atomic E-state index is 8.92. The molecule has 0 aliphatic carbocycles. The van der Waals surface area contributed by atoms with Crippen molar-refractivity contribution in [3.63, 3.8) is 0 Å². The molecule has 5 nitrogen and oxygen atoms in total. The van der Waals surface area contributed by atoms with Crippen LogP contribution in [0.2, 0.25) is 0 Å². The van der Waals surface area contributed by atoms with Gasteiger partial charge < -0.3 is 14.8 Å². The fourth-order valence-corrected chi connectivity index (χ4v) is 1.38. The van der Waals surface area contributed by atoms with Crippen LogP contribution in [0.3, 0.4) is 0 Å². The van der Waals surface area contributed by atoms with Crippen LogP contribution in [0.1, 0.15) is 0 Å². The summed E-state index contributed by atoms with van der Waals surface area (Å²) < 4.78 is 5.10. The molecule has 1 aromatic carbocycles. The molecule has 0 aliphatic rings. The van der Waals surface area contributed by atoms with Gasteiger partial charge in [-0.3, -0.25) is 0 Å². The van der Waals surface area contributed by atoms with Gasteiger partial charge in [-0.15, -0.1) is 0 Å². The highest BCUT2D eigenvalue weighted by atomic mass is 16.5. The molecule has 6 heteroatoms. The lowest BCUT2D eigenvalue weighted by Crippen LogP contribution is -2.30. The molecule has 1 aromatic heterocycles. The Hall–Kier alpha value is -1.92. The molecule has 0 amide bonds. The van der Waals surface area contributed by atoms with Gasteiger partial charge in [-0.05, 0) is 12.1 Å². The van der Waals surface area contributed by atoms with E-state index in [9.17, 15) is 0 Å². The van der Waals surface area contributed by atoms with Gasteiger partial charge in [0.25, 0.3) is 0 Å². The van der Waals surface area contributed by atoms with Crippen molar-refractivity contribution < 1.29 is 14.8 Å². The van der Waals surface area contributed by atoms with Crippen molar-refractivity contribution in [1.82, 2.24) is 9.97 Å². The van der Waals surface area contributed by atoms with E-state index < -0.39 is 7.12 Å². The van der Waals surface area contributed by atoms with Gasteiger partial charge in [-0.1, -0.05) is 12.1 Å². The summed E-state index contributed by atoms with van der Waals surface area (Å²) >= 11 is 0. The second-order valence-corrected chi connectivity index (χ2v) is 3.45. The number of ether oxygens (including phenoxy) is 1. The Kier molecular flexibility index (Phi) is 3.36. The molecule has 2 N–H and O–H groups in total. The fraction of sp³-hybridized carbons (Fsp3) is 0.0909. The fourth-order valence-electron chi connectivity index (χ4n) is 1.38. The minimum absolute atomic E-state index is 0.261. The second-order valence-electron chi connectivity index (χ2n) is 3.45. The third-order valence-corrected chi connectivity index (χ3v) is 2.30. The zero-order chi connectivity index (χ0) is 12.3. The Bertz CT molecular complexity index is 502. The zero-order valence-electron chi connectivity index (χ0n) is 9.24. The van der Waals surface area contributed by atoms with E-state index in [-0.39, 0.29) is 5.46 Å². The molecule has 0 saturated heterocycles. The molecule has 0 unspecified atom stereocenters. The van der Waals surface area contributed by atoms with Gasteiger partial charge in [-0.25, -0.2) is 9.97 Å². The van der Waals surface area contributed by atoms with E-state index in [1.807, 2.05) is 24.3 Å². The van der Waals surface area contributed by atoms with Gasteiger partial charge in [0.1, 0.15) is 5.75 Å². The third-order valence-electron chi connectivity index (χ3n) is 2.30. The van der Waals surface area contributed by atoms with Crippen LogP contribution in [-0.4, -0.2) is 34.2 Å². The van der Waals surface area contributed by atoms with Crippen molar-refractivity contribution in [2.45, 2.75) is 0 Å². The van der Waals surface area contributed by atoms with Crippen LogP contribution in [0.4, 0.5) is 0 Å². The maximum atomic E-state index is 8.92. The summed E-state index contributed by atoms with van der Waals surface area (Å²) in [7, 11) is 0.0416. The molecular weight excluding hydrogens is 219 g/mol. The van der Waals surface area contributed by atoms with Gasteiger partial charge in [-0.2, -0.15) is 0 Å². The van der Waals surface area contributed by atoms with Gasteiger partial charge >= 0.3 is 7.12 Å². The number of benzene rings is 1. The minimum atomic E-state index is -1.55. The topological polar surface area (TPSA) is 75.5 Å². The normalized spacial score (nSPS) is 10.1. The van der Waals surface area contributed by atoms with Crippen molar-refractivity contribution in [2.24, 2.45) is 0 Å². The van der Waals surface area contributed by atoms with Gasteiger partial charge in [0.15, 0.2) is 5.82 Å². The highest BCUT2D eigenvalue weighted by molar-refractivity contribution is 6.58. The van der Waals surface area contributed by atoms with Crippen molar-refractivity contribution in [3.8, 4) is 17.1 Å². The van der Waals surface area contributed by atoms with Gasteiger partial charge in [0.2, 0.25) is 0 Å². The van der Waals surface area contributed by atoms with Crippen molar-refractivity contribution in [2.75, 3.05) is 7.11 Å². The van der Waals surface area contributed by atoms with Crippen LogP contribution in [0, 0.1) is 0 Å². The molecule has 17 heavy (non-hydrogen) atoms. The molecule has 0 bridgehead atoms. The molecule has 0 aliphatic heterocycles. The summed E-state index contributed by atoms with van der Waals surface area (Å²) in [5.74, 6) is 1.23. The van der Waals surface area contributed by atoms with E-state index in [1.165, 1.54) is 12.4 Å². The van der Waals surface area contributed by atoms with E-state index in [0.29, 0.717) is 5.82 Å². The molecule has 0 fully saturated rings. The van der Waals surface area contributed by atoms with Crippen LogP contribution in [0.25, 0.3) is 11.4 Å². The zero-order valence-corrected chi connectivity index (χ0v) is 9.24. The van der Waals surface area contributed by atoms with Crippen molar-refractivity contribution in [1.29, 1.82) is 0 Å². The molecule has 0 atom stereocenters. The van der Waals surface area contributed by atoms with Crippen LogP contribution in [0.15, 0.2) is 36.7 Å². The Morgan fingerprint density at radius 2 is 1.88 bits per heavy atom. The average Bonchev–Trinajstić information content (AvgIpc) is 2.39. The molecule has 0 saturated carbocycles. The van der Waals surface area contributed by atoms with E-state index in [2.05, 4.69) is 9.97 Å². The molecule has 2 rings (SSSR count). The summed E-state index contributed by atoms with van der Waals surface area (Å²) in [5, 5.41) is 17.8. The largest absolute Gasteiger partial charge is 0.497 e. The SMILES string of the molecule is COc1cccc(-c2ncc(B(O)O)cn2)c1. The van der Waals surface area contributed by atoms with E-state index in [0.717, 1.165) is 11.3 Å². The van der Waals surface area contributed by atoms with Crippen molar-refractivity contribution in [3.05, 3.63) is 36.7 Å². The minimum Gasteiger partial charge on any atom is -0.497 e. The van der Waals surface area contributed by atoms with Gasteiger partial charge in [0.05, 0.1) is 7.11 Å². The highest BCUT2D eigenvalue weighted by Gasteiger charge is 2.12. The Labute approximate surface area is 98.9 Å². The van der Waals surface area contributed by atoms with E-state index in [1.54, 1.807) is 7.11 Å². The summed E-state index contributed by atoms with van der Waals surface area (Å²) in [4.78, 5) is 8.12. The summed E-state index contributed by atoms with van der Waals surface area (Å²) in [6.45, 7) is 0. The molecule has 0 spiro atoms. The van der Waals surface area contributed by atoms with Crippen LogP contribution < -0.4 is 10.2 Å². The Balaban J connectivity index is 2.32. The predicted octanol–water partition coefficient (Wildman–Crippen LogP) is -0.168. The molecule has 0 radical (unpaired) electrons. The van der Waals surface area contributed by atoms with Crippen LogP contribution >= 0.6 is 0 Å². The monoisotopic (exact) mass is 230 g/mol. The highest BCUT2D eigenvalue weighted by Crippen LogP contribution is 2.19. The number of methoxy groups -OCH3 is 1. The van der Waals surface area contributed by atoms with E-state index in [4.69, 9.17) is 14.8 Å². The number of nitrogens with zero attached hydrogens (tertiary/aromatic N) is 2. The Morgan fingerprint density at radius 1 is 1.18 bits per heavy atom. The van der Waals surface area contributed by atoms with Gasteiger partial charge in [0, 0.05) is 23.4 Å². The number of rotatable bonds is 3. The molecule has 2 aromatic rings. The number of aromatic nitrogens is 2. The van der Waals surface area contributed by atoms with Crippen LogP contribution in [0.5, 0.6) is 5.75 Å². The Morgan fingerprint density at radius 3 is 2.47 bits per heavy atom. The lowest BCUT2D eigenvalue weighted by atomic mass is 9.83. The first kappa shape index (κ1) is 11.6. The molecular formula is C11H11BN2O3. The molecule has 1 heterocycles. The smallest absolute Gasteiger partial charge is 0.491 e. The summed E-state index contributed by atoms with van der Waals surface area (Å²) in [6, 6.07) is 7.33. The summed E-state index contributed by atoms with van der Waals surface area (Å²) in [6.07, 6.45) is 2.76. The first-order valence-corrected chi connectivity index (χ1v) is 5.03. The third kappa shape index (κ3) is 2.61. The number of hydrogen-bond acceptors (Lipinski definition) is 5. The van der Waals surface area contributed by atoms with Crippen molar-refractivity contribution >= 4 is 12.6 Å². The molecule has 86 valence electrons. The standard InChI is InChI=1S/C11H11BN2O3/c1-17-10-4-2-3-8(5-10)11-13-6-9(7-14-11)12(15)16/h2-7,15-16H,1H3. The quantitative estimate of drug-likeness (QED) is 0.716. The number of hydrogen-bond donors (Lipinski definition) is 2. The van der Waals surface area contributed by atoms with E-state index >= 15 is 0 Å². The van der Waals surface area contributed by atoms with Crippen LogP contribution in [-0.2, 0) is 0 Å². The first-order chi connectivity index (χ1) is 8.20. The second kappa shape index (κ2) is 4.94. The summed E-state index contributed by atoms with van der Waals surface area (Å²) in [5.41, 5.74) is 1.07.